The van der Waals surface area contributed by atoms with E-state index in [4.69, 9.17) is 0 Å². The topological polar surface area (TPSA) is 66.5 Å². The monoisotopic (exact) mass is 141 g/mol. The Kier molecular flexibility index (Phi) is 2.33. The lowest BCUT2D eigenvalue weighted by molar-refractivity contribution is 0.642. The van der Waals surface area contributed by atoms with Gasteiger partial charge in [0.05, 0.1) is 0 Å². The molecule has 2 N–H and O–H groups in total. The first-order chi connectivity index (χ1) is 4.84. The number of H-pyrrole nitrogens is 1. The van der Waals surface area contributed by atoms with Crippen LogP contribution < -0.4 is 5.32 Å². The summed E-state index contributed by atoms with van der Waals surface area (Å²) in [6.45, 7) is 2.92. The summed E-state index contributed by atoms with van der Waals surface area (Å²) in [5.74, 6) is 1.08. The molecule has 0 saturated carbocycles. The maximum atomic E-state index is 3.85. The molecule has 0 radical (unpaired) electrons. The number of aromatic nitrogens is 4. The average Bonchev–Trinajstić information content (AvgIpc) is 2.38. The maximum absolute atomic E-state index is 3.85. The van der Waals surface area contributed by atoms with Crippen LogP contribution in [-0.4, -0.2) is 34.2 Å². The third-order valence-corrected chi connectivity index (χ3v) is 1.31. The molecule has 0 aliphatic heterocycles. The van der Waals surface area contributed by atoms with E-state index in [9.17, 15) is 0 Å². The number of nitrogens with one attached hydrogen (secondary N) is 2. The van der Waals surface area contributed by atoms with Gasteiger partial charge in [0.25, 0.3) is 0 Å². The molecular formula is C5H11N5. The van der Waals surface area contributed by atoms with Gasteiger partial charge in [0.1, 0.15) is 0 Å². The third kappa shape index (κ3) is 1.51. The summed E-state index contributed by atoms with van der Waals surface area (Å²) in [7, 11) is 1.90. The largest absolute Gasteiger partial charge is 0.319 e. The Labute approximate surface area is 59.2 Å². The molecule has 0 amide bonds. The predicted octanol–water partition coefficient (Wildman–Crippen LogP) is -0.477. The fourth-order valence-corrected chi connectivity index (χ4v) is 0.776. The van der Waals surface area contributed by atoms with Crippen molar-refractivity contribution >= 4 is 0 Å². The Hall–Kier alpha value is -0.970. The molecule has 0 fully saturated rings. The predicted molar refractivity (Wildman–Crippen MR) is 36.5 cm³/mol. The lowest BCUT2D eigenvalue weighted by atomic mass is 10.2. The molecule has 0 aliphatic rings. The quantitative estimate of drug-likeness (QED) is 0.596. The fraction of sp³-hybridized carbons (Fsp3) is 0.800. The van der Waals surface area contributed by atoms with Crippen molar-refractivity contribution in [2.75, 3.05) is 13.6 Å². The van der Waals surface area contributed by atoms with Gasteiger partial charge in [-0.3, -0.25) is 0 Å². The van der Waals surface area contributed by atoms with E-state index in [-0.39, 0.29) is 0 Å². The van der Waals surface area contributed by atoms with Gasteiger partial charge in [0.2, 0.25) is 0 Å². The summed E-state index contributed by atoms with van der Waals surface area (Å²) < 4.78 is 0. The van der Waals surface area contributed by atoms with Crippen molar-refractivity contribution in [3.63, 3.8) is 0 Å². The normalized spacial score (nSPS) is 13.4. The number of hydrogen-bond acceptors (Lipinski definition) is 4. The molecule has 0 unspecified atom stereocenters. The zero-order valence-electron chi connectivity index (χ0n) is 6.13. The van der Waals surface area contributed by atoms with Crippen molar-refractivity contribution in [2.45, 2.75) is 12.8 Å². The number of likely N-dealkylation sites (N-methyl/N-ethyl adjacent to an activating group) is 1. The molecule has 1 rings (SSSR count). The number of aromatic amines is 1. The van der Waals surface area contributed by atoms with Gasteiger partial charge in [0.15, 0.2) is 5.82 Å². The minimum Gasteiger partial charge on any atom is -0.319 e. The highest BCUT2D eigenvalue weighted by Crippen LogP contribution is 2.04. The van der Waals surface area contributed by atoms with E-state index in [0.717, 1.165) is 12.4 Å². The molecule has 0 aromatic carbocycles. The molecule has 0 saturated heterocycles. The number of hydrogen-bond donors (Lipinski definition) is 2. The molecule has 1 heterocycles. The number of tetrazole rings is 1. The molecular weight excluding hydrogens is 130 g/mol. The summed E-state index contributed by atoms with van der Waals surface area (Å²) in [6, 6.07) is 0. The minimum atomic E-state index is 0.323. The molecule has 0 spiro atoms. The molecule has 56 valence electrons. The van der Waals surface area contributed by atoms with Crippen molar-refractivity contribution < 1.29 is 0 Å². The van der Waals surface area contributed by atoms with Crippen LogP contribution in [-0.2, 0) is 0 Å². The highest BCUT2D eigenvalue weighted by atomic mass is 15.5. The van der Waals surface area contributed by atoms with Crippen LogP contribution in [0.25, 0.3) is 0 Å². The van der Waals surface area contributed by atoms with E-state index >= 15 is 0 Å². The zero-order valence-corrected chi connectivity index (χ0v) is 6.13. The van der Waals surface area contributed by atoms with Crippen LogP contribution in [0, 0.1) is 0 Å². The van der Waals surface area contributed by atoms with Crippen LogP contribution >= 0.6 is 0 Å². The van der Waals surface area contributed by atoms with Gasteiger partial charge in [-0.1, -0.05) is 12.1 Å². The van der Waals surface area contributed by atoms with Crippen molar-refractivity contribution in [1.82, 2.24) is 25.9 Å². The summed E-state index contributed by atoms with van der Waals surface area (Å²) in [5, 5.41) is 16.6. The SMILES string of the molecule is CNC[C@@H](C)c1nn[nH]n1. The van der Waals surface area contributed by atoms with Crippen molar-refractivity contribution in [3.8, 4) is 0 Å². The molecule has 1 aromatic heterocycles. The van der Waals surface area contributed by atoms with Crippen LogP contribution in [0.2, 0.25) is 0 Å². The van der Waals surface area contributed by atoms with E-state index in [1.165, 1.54) is 0 Å². The highest BCUT2D eigenvalue weighted by Gasteiger charge is 2.07. The second kappa shape index (κ2) is 3.26. The molecule has 10 heavy (non-hydrogen) atoms. The van der Waals surface area contributed by atoms with Gasteiger partial charge in [0, 0.05) is 12.5 Å². The van der Waals surface area contributed by atoms with Gasteiger partial charge in [-0.25, -0.2) is 0 Å². The van der Waals surface area contributed by atoms with Gasteiger partial charge in [-0.2, -0.15) is 5.21 Å². The van der Waals surface area contributed by atoms with Crippen molar-refractivity contribution in [1.29, 1.82) is 0 Å². The smallest absolute Gasteiger partial charge is 0.178 e. The van der Waals surface area contributed by atoms with Crippen LogP contribution in [0.3, 0.4) is 0 Å². The van der Waals surface area contributed by atoms with E-state index in [1.807, 2.05) is 14.0 Å². The molecule has 1 aromatic rings. The second-order valence-electron chi connectivity index (χ2n) is 2.23. The van der Waals surface area contributed by atoms with Gasteiger partial charge in [-0.05, 0) is 7.05 Å². The van der Waals surface area contributed by atoms with E-state index < -0.39 is 0 Å². The molecule has 1 atom stereocenters. The van der Waals surface area contributed by atoms with Crippen LogP contribution in [0.1, 0.15) is 18.7 Å². The number of nitrogens with zero attached hydrogens (tertiary/aromatic N) is 3. The lowest BCUT2D eigenvalue weighted by Crippen LogP contribution is -2.15. The number of rotatable bonds is 3. The third-order valence-electron chi connectivity index (χ3n) is 1.31. The fourth-order valence-electron chi connectivity index (χ4n) is 0.776. The summed E-state index contributed by atoms with van der Waals surface area (Å²) in [5.41, 5.74) is 0. The van der Waals surface area contributed by atoms with Crippen molar-refractivity contribution in [2.24, 2.45) is 0 Å². The standard InChI is InChI=1S/C5H11N5/c1-4(3-6-2)5-7-9-10-8-5/h4,6H,3H2,1-2H3,(H,7,8,9,10)/t4-/m1/s1. The summed E-state index contributed by atoms with van der Waals surface area (Å²) >= 11 is 0. The highest BCUT2D eigenvalue weighted by molar-refractivity contribution is 4.88. The van der Waals surface area contributed by atoms with Crippen LogP contribution in [0.15, 0.2) is 0 Å². The lowest BCUT2D eigenvalue weighted by Gasteiger charge is -2.02. The first-order valence-corrected chi connectivity index (χ1v) is 3.22. The summed E-state index contributed by atoms with van der Waals surface area (Å²) in [4.78, 5) is 0. The Morgan fingerprint density at radius 3 is 3.00 bits per heavy atom. The summed E-state index contributed by atoms with van der Waals surface area (Å²) in [6.07, 6.45) is 0. The first-order valence-electron chi connectivity index (χ1n) is 3.22. The van der Waals surface area contributed by atoms with Crippen molar-refractivity contribution in [3.05, 3.63) is 5.82 Å². The first kappa shape index (κ1) is 7.14. The maximum Gasteiger partial charge on any atom is 0.178 e. The molecule has 0 aliphatic carbocycles. The second-order valence-corrected chi connectivity index (χ2v) is 2.23. The van der Waals surface area contributed by atoms with Gasteiger partial charge in [-0.15, -0.1) is 10.2 Å². The minimum absolute atomic E-state index is 0.323. The van der Waals surface area contributed by atoms with Crippen LogP contribution in [0.5, 0.6) is 0 Å². The average molecular weight is 141 g/mol. The Balaban J connectivity index is 2.50. The van der Waals surface area contributed by atoms with E-state index in [2.05, 4.69) is 25.9 Å². The van der Waals surface area contributed by atoms with Crippen LogP contribution in [0.4, 0.5) is 0 Å². The molecule has 5 nitrogen and oxygen atoms in total. The molecule has 0 bridgehead atoms. The van der Waals surface area contributed by atoms with Gasteiger partial charge < -0.3 is 5.32 Å². The zero-order chi connectivity index (χ0) is 7.40. The Bertz CT molecular complexity index is 170. The Morgan fingerprint density at radius 1 is 1.70 bits per heavy atom. The molecule has 5 heteroatoms. The Morgan fingerprint density at radius 2 is 2.50 bits per heavy atom. The van der Waals surface area contributed by atoms with Gasteiger partial charge >= 0.3 is 0 Å². The van der Waals surface area contributed by atoms with E-state index in [1.54, 1.807) is 0 Å². The van der Waals surface area contributed by atoms with E-state index in [0.29, 0.717) is 5.92 Å².